The van der Waals surface area contributed by atoms with Crippen LogP contribution in [0.4, 0.5) is 0 Å². The van der Waals surface area contributed by atoms with Gasteiger partial charge >= 0.3 is 11.9 Å². The Morgan fingerprint density at radius 1 is 0.800 bits per heavy atom. The summed E-state index contributed by atoms with van der Waals surface area (Å²) in [5.41, 5.74) is -1.54. The number of esters is 2. The molecule has 25 heavy (non-hydrogen) atoms. The molecule has 8 nitrogen and oxygen atoms in total. The minimum Gasteiger partial charge on any atom is -0.504 e. The number of methoxy groups -OCH3 is 1. The highest BCUT2D eigenvalue weighted by Gasteiger charge is 2.35. The number of carbonyl (C=O) groups excluding carboxylic acids is 4. The molecule has 1 aromatic carbocycles. The van der Waals surface area contributed by atoms with Gasteiger partial charge in [-0.05, 0) is 0 Å². The first kappa shape index (κ1) is 20.1. The lowest BCUT2D eigenvalue weighted by Crippen LogP contribution is -2.19. The van der Waals surface area contributed by atoms with Crippen LogP contribution in [0.15, 0.2) is 0 Å². The highest BCUT2D eigenvalue weighted by atomic mass is 16.5. The standard InChI is InChI=1S/C17H20O8/c1-5-8(18)11-13(17(23)24-4)12(9(19)6-2)16(15(22)14(11)21)25-10(20)7-3/h21-22H,5-7H2,1-4H3. The number of hydrogen-bond donors (Lipinski definition) is 2. The molecule has 0 fully saturated rings. The molecule has 8 heteroatoms. The fourth-order valence-corrected chi connectivity index (χ4v) is 2.18. The molecule has 0 aliphatic rings. The van der Waals surface area contributed by atoms with Crippen molar-refractivity contribution in [2.24, 2.45) is 0 Å². The van der Waals surface area contributed by atoms with Gasteiger partial charge in [0.1, 0.15) is 0 Å². The number of phenols is 2. The fourth-order valence-electron chi connectivity index (χ4n) is 2.18. The van der Waals surface area contributed by atoms with Gasteiger partial charge in [-0.25, -0.2) is 4.79 Å². The molecule has 0 aliphatic heterocycles. The monoisotopic (exact) mass is 352 g/mol. The van der Waals surface area contributed by atoms with Gasteiger partial charge in [-0.1, -0.05) is 20.8 Å². The summed E-state index contributed by atoms with van der Waals surface area (Å²) >= 11 is 0. The number of carbonyl (C=O) groups is 4. The Labute approximate surface area is 144 Å². The van der Waals surface area contributed by atoms with Crippen LogP contribution >= 0.6 is 0 Å². The third-order valence-electron chi connectivity index (χ3n) is 3.50. The summed E-state index contributed by atoms with van der Waals surface area (Å²) < 4.78 is 9.56. The molecule has 0 aliphatic carbocycles. The Kier molecular flexibility index (Phi) is 6.67. The number of ether oxygens (including phenoxy) is 2. The zero-order valence-electron chi connectivity index (χ0n) is 14.5. The lowest BCUT2D eigenvalue weighted by Gasteiger charge is -2.18. The van der Waals surface area contributed by atoms with E-state index in [2.05, 4.69) is 4.74 Å². The van der Waals surface area contributed by atoms with Crippen LogP contribution in [0.5, 0.6) is 17.2 Å². The van der Waals surface area contributed by atoms with Crippen molar-refractivity contribution >= 4 is 23.5 Å². The zero-order valence-corrected chi connectivity index (χ0v) is 14.5. The van der Waals surface area contributed by atoms with E-state index in [1.165, 1.54) is 20.8 Å². The first-order valence-corrected chi connectivity index (χ1v) is 7.72. The van der Waals surface area contributed by atoms with Gasteiger partial charge in [0, 0.05) is 19.3 Å². The number of Topliss-reactive ketones (excluding diaryl/α,β-unsaturated/α-hetero) is 2. The normalized spacial score (nSPS) is 10.2. The van der Waals surface area contributed by atoms with Gasteiger partial charge in [-0.3, -0.25) is 14.4 Å². The molecule has 0 unspecified atom stereocenters. The molecule has 0 spiro atoms. The van der Waals surface area contributed by atoms with Crippen LogP contribution in [0.25, 0.3) is 0 Å². The lowest BCUT2D eigenvalue weighted by molar-refractivity contribution is -0.134. The average molecular weight is 352 g/mol. The quantitative estimate of drug-likeness (QED) is 0.331. The number of rotatable bonds is 7. The van der Waals surface area contributed by atoms with Crippen LogP contribution in [0.3, 0.4) is 0 Å². The first-order chi connectivity index (χ1) is 11.7. The molecule has 0 aromatic heterocycles. The molecule has 136 valence electrons. The molecule has 0 bridgehead atoms. The van der Waals surface area contributed by atoms with Crippen LogP contribution in [-0.4, -0.2) is 40.8 Å². The fraction of sp³-hybridized carbons (Fsp3) is 0.412. The Bertz CT molecular complexity index is 733. The Morgan fingerprint density at radius 2 is 1.32 bits per heavy atom. The summed E-state index contributed by atoms with van der Waals surface area (Å²) in [5.74, 6) is -5.79. The Hall–Kier alpha value is -2.90. The molecular formula is C17H20O8. The topological polar surface area (TPSA) is 127 Å². The lowest BCUT2D eigenvalue weighted by atomic mass is 9.91. The van der Waals surface area contributed by atoms with Crippen LogP contribution < -0.4 is 4.74 Å². The van der Waals surface area contributed by atoms with E-state index in [-0.39, 0.29) is 19.3 Å². The number of phenolic OH excluding ortho intramolecular Hbond substituents is 2. The van der Waals surface area contributed by atoms with Crippen molar-refractivity contribution in [1.29, 1.82) is 0 Å². The number of hydrogen-bond acceptors (Lipinski definition) is 8. The molecule has 0 heterocycles. The molecule has 1 rings (SSSR count). The third kappa shape index (κ3) is 3.78. The van der Waals surface area contributed by atoms with E-state index >= 15 is 0 Å². The van der Waals surface area contributed by atoms with Gasteiger partial charge in [0.05, 0.1) is 23.8 Å². The van der Waals surface area contributed by atoms with E-state index in [4.69, 9.17) is 4.74 Å². The largest absolute Gasteiger partial charge is 0.504 e. The van der Waals surface area contributed by atoms with E-state index in [0.717, 1.165) is 7.11 Å². The average Bonchev–Trinajstić information content (AvgIpc) is 2.62. The van der Waals surface area contributed by atoms with Crippen molar-refractivity contribution in [1.82, 2.24) is 0 Å². The van der Waals surface area contributed by atoms with Crippen molar-refractivity contribution in [3.05, 3.63) is 16.7 Å². The molecule has 0 saturated heterocycles. The number of benzene rings is 1. The predicted molar refractivity (Wildman–Crippen MR) is 86.3 cm³/mol. The van der Waals surface area contributed by atoms with E-state index in [0.29, 0.717) is 0 Å². The molecule has 0 amide bonds. The minimum absolute atomic E-state index is 0.0802. The van der Waals surface area contributed by atoms with Crippen LogP contribution in [-0.2, 0) is 9.53 Å². The molecule has 0 atom stereocenters. The molecule has 0 saturated carbocycles. The molecular weight excluding hydrogens is 332 g/mol. The summed E-state index contributed by atoms with van der Waals surface area (Å²) in [5, 5.41) is 20.4. The summed E-state index contributed by atoms with van der Waals surface area (Å²) in [7, 11) is 1.03. The zero-order chi connectivity index (χ0) is 19.3. The van der Waals surface area contributed by atoms with Gasteiger partial charge in [-0.2, -0.15) is 0 Å². The summed E-state index contributed by atoms with van der Waals surface area (Å²) in [4.78, 5) is 48.4. The maximum atomic E-state index is 12.4. The van der Waals surface area contributed by atoms with Crippen LogP contribution in [0.2, 0.25) is 0 Å². The molecule has 1 aromatic rings. The highest BCUT2D eigenvalue weighted by Crippen LogP contribution is 2.45. The van der Waals surface area contributed by atoms with Crippen molar-refractivity contribution in [2.75, 3.05) is 7.11 Å². The van der Waals surface area contributed by atoms with E-state index in [9.17, 15) is 29.4 Å². The van der Waals surface area contributed by atoms with E-state index in [1.807, 2.05) is 0 Å². The van der Waals surface area contributed by atoms with Crippen molar-refractivity contribution < 1.29 is 38.9 Å². The molecule has 2 N–H and O–H groups in total. The highest BCUT2D eigenvalue weighted by molar-refractivity contribution is 6.17. The second kappa shape index (κ2) is 8.27. The number of ketones is 2. The summed E-state index contributed by atoms with van der Waals surface area (Å²) in [6.07, 6.45) is -0.293. The van der Waals surface area contributed by atoms with Crippen molar-refractivity contribution in [3.8, 4) is 17.2 Å². The van der Waals surface area contributed by atoms with Gasteiger partial charge in [0.15, 0.2) is 23.1 Å². The maximum absolute atomic E-state index is 12.4. The smallest absolute Gasteiger partial charge is 0.339 e. The van der Waals surface area contributed by atoms with Gasteiger partial charge < -0.3 is 19.7 Å². The van der Waals surface area contributed by atoms with Gasteiger partial charge in [-0.15, -0.1) is 0 Å². The van der Waals surface area contributed by atoms with Gasteiger partial charge in [0.2, 0.25) is 5.75 Å². The van der Waals surface area contributed by atoms with E-state index in [1.54, 1.807) is 0 Å². The SMILES string of the molecule is CCC(=O)Oc1c(O)c(O)c(C(=O)CC)c(C(=O)OC)c1C(=O)CC. The second-order valence-electron chi connectivity index (χ2n) is 5.02. The second-order valence-corrected chi connectivity index (χ2v) is 5.02. The van der Waals surface area contributed by atoms with Crippen LogP contribution in [0, 0.1) is 0 Å². The third-order valence-corrected chi connectivity index (χ3v) is 3.50. The summed E-state index contributed by atoms with van der Waals surface area (Å²) in [6, 6.07) is 0. The maximum Gasteiger partial charge on any atom is 0.339 e. The molecule has 0 radical (unpaired) electrons. The van der Waals surface area contributed by atoms with Gasteiger partial charge in [0.25, 0.3) is 0 Å². The summed E-state index contributed by atoms with van der Waals surface area (Å²) in [6.45, 7) is 4.45. The van der Waals surface area contributed by atoms with E-state index < -0.39 is 57.4 Å². The predicted octanol–water partition coefficient (Wildman–Crippen LogP) is 2.39. The van der Waals surface area contributed by atoms with Crippen LogP contribution in [0.1, 0.15) is 71.1 Å². The number of aromatic hydroxyl groups is 2. The van der Waals surface area contributed by atoms with Crippen molar-refractivity contribution in [2.45, 2.75) is 40.0 Å². The first-order valence-electron chi connectivity index (χ1n) is 7.72. The minimum atomic E-state index is -1.07. The van der Waals surface area contributed by atoms with Crippen molar-refractivity contribution in [3.63, 3.8) is 0 Å². The Morgan fingerprint density at radius 3 is 1.76 bits per heavy atom. The Balaban J connectivity index is 4.01.